The average Bonchev–Trinajstić information content (AvgIpc) is 2.89. The Morgan fingerprint density at radius 1 is 1.15 bits per heavy atom. The quantitative estimate of drug-likeness (QED) is 0.753. The summed E-state index contributed by atoms with van der Waals surface area (Å²) in [4.78, 5) is 15.3. The number of aromatic amines is 1. The van der Waals surface area contributed by atoms with Crippen LogP contribution in [0.4, 0.5) is 0 Å². The van der Waals surface area contributed by atoms with E-state index in [0.29, 0.717) is 12.1 Å². The topological polar surface area (TPSA) is 44.9 Å². The second-order valence-electron chi connectivity index (χ2n) is 4.56. The number of fused-ring (bicyclic) bond motifs is 1. The number of halogens is 1. The van der Waals surface area contributed by atoms with Gasteiger partial charge in [0.05, 0.1) is 5.56 Å². The number of aromatic nitrogens is 1. The molecule has 100 valence electrons. The van der Waals surface area contributed by atoms with Crippen molar-refractivity contribution in [2.24, 2.45) is 0 Å². The van der Waals surface area contributed by atoms with E-state index in [9.17, 15) is 4.79 Å². The first-order valence-corrected chi connectivity index (χ1v) is 7.12. The Kier molecular flexibility index (Phi) is 3.56. The maximum absolute atomic E-state index is 12.2. The van der Waals surface area contributed by atoms with Gasteiger partial charge in [0.1, 0.15) is 0 Å². The van der Waals surface area contributed by atoms with E-state index in [0.717, 1.165) is 20.9 Å². The van der Waals surface area contributed by atoms with Crippen molar-refractivity contribution >= 4 is 32.7 Å². The summed E-state index contributed by atoms with van der Waals surface area (Å²) in [5, 5.41) is 3.88. The van der Waals surface area contributed by atoms with Crippen LogP contribution in [0.25, 0.3) is 10.9 Å². The van der Waals surface area contributed by atoms with Crippen molar-refractivity contribution in [2.45, 2.75) is 6.54 Å². The SMILES string of the molecule is O=C(NCc1cccc(Br)c1)c1c[nH]c2ccccc12. The molecule has 20 heavy (non-hydrogen) atoms. The van der Waals surface area contributed by atoms with Crippen molar-refractivity contribution in [3.63, 3.8) is 0 Å². The molecule has 0 spiro atoms. The fourth-order valence-electron chi connectivity index (χ4n) is 2.18. The van der Waals surface area contributed by atoms with E-state index >= 15 is 0 Å². The Hall–Kier alpha value is -2.07. The maximum Gasteiger partial charge on any atom is 0.253 e. The number of H-pyrrole nitrogens is 1. The molecule has 1 amide bonds. The molecule has 2 N–H and O–H groups in total. The van der Waals surface area contributed by atoms with Gasteiger partial charge in [0.2, 0.25) is 0 Å². The van der Waals surface area contributed by atoms with Gasteiger partial charge in [-0.25, -0.2) is 0 Å². The van der Waals surface area contributed by atoms with E-state index in [4.69, 9.17) is 0 Å². The van der Waals surface area contributed by atoms with Crippen LogP contribution in [0.5, 0.6) is 0 Å². The van der Waals surface area contributed by atoms with Crippen LogP contribution in [-0.4, -0.2) is 10.9 Å². The molecule has 1 aromatic heterocycles. The van der Waals surface area contributed by atoms with Crippen LogP contribution in [-0.2, 0) is 6.54 Å². The van der Waals surface area contributed by atoms with Gasteiger partial charge < -0.3 is 10.3 Å². The molecule has 3 aromatic rings. The van der Waals surface area contributed by atoms with E-state index in [-0.39, 0.29) is 5.91 Å². The first-order valence-electron chi connectivity index (χ1n) is 6.33. The largest absolute Gasteiger partial charge is 0.360 e. The van der Waals surface area contributed by atoms with Crippen molar-refractivity contribution in [1.29, 1.82) is 0 Å². The van der Waals surface area contributed by atoms with Crippen LogP contribution in [0.2, 0.25) is 0 Å². The predicted octanol–water partition coefficient (Wildman–Crippen LogP) is 3.86. The van der Waals surface area contributed by atoms with Gasteiger partial charge in [-0.3, -0.25) is 4.79 Å². The fraction of sp³-hybridized carbons (Fsp3) is 0.0625. The van der Waals surface area contributed by atoms with Crippen molar-refractivity contribution in [3.05, 3.63) is 70.3 Å². The molecule has 2 aromatic carbocycles. The second-order valence-corrected chi connectivity index (χ2v) is 5.48. The third kappa shape index (κ3) is 2.60. The summed E-state index contributed by atoms with van der Waals surface area (Å²) in [6.45, 7) is 0.512. The standard InChI is InChI=1S/C16H13BrN2O/c17-12-5-3-4-11(8-12)9-19-16(20)14-10-18-15-7-2-1-6-13(14)15/h1-8,10,18H,9H2,(H,19,20). The number of hydrogen-bond acceptors (Lipinski definition) is 1. The van der Waals surface area contributed by atoms with E-state index in [1.54, 1.807) is 6.20 Å². The van der Waals surface area contributed by atoms with E-state index in [1.165, 1.54) is 0 Å². The summed E-state index contributed by atoms with van der Waals surface area (Å²) in [6.07, 6.45) is 1.75. The third-order valence-corrected chi connectivity index (χ3v) is 3.67. The minimum atomic E-state index is -0.0672. The number of benzene rings is 2. The molecule has 0 bridgehead atoms. The maximum atomic E-state index is 12.2. The second kappa shape index (κ2) is 5.51. The number of amides is 1. The fourth-order valence-corrected chi connectivity index (χ4v) is 2.63. The van der Waals surface area contributed by atoms with Crippen molar-refractivity contribution in [1.82, 2.24) is 10.3 Å². The molecular weight excluding hydrogens is 316 g/mol. The molecule has 0 saturated carbocycles. The van der Waals surface area contributed by atoms with Gasteiger partial charge in [-0.1, -0.05) is 46.3 Å². The van der Waals surface area contributed by atoms with Gasteiger partial charge >= 0.3 is 0 Å². The molecule has 3 nitrogen and oxygen atoms in total. The summed E-state index contributed by atoms with van der Waals surface area (Å²) < 4.78 is 1.01. The Morgan fingerprint density at radius 2 is 2.00 bits per heavy atom. The zero-order chi connectivity index (χ0) is 13.9. The minimum absolute atomic E-state index is 0.0672. The lowest BCUT2D eigenvalue weighted by Crippen LogP contribution is -2.22. The Bertz CT molecular complexity index is 764. The highest BCUT2D eigenvalue weighted by atomic mass is 79.9. The number of rotatable bonds is 3. The summed E-state index contributed by atoms with van der Waals surface area (Å²) in [6, 6.07) is 15.7. The molecular formula is C16H13BrN2O. The Balaban J connectivity index is 1.76. The lowest BCUT2D eigenvalue weighted by Gasteiger charge is -2.05. The minimum Gasteiger partial charge on any atom is -0.360 e. The van der Waals surface area contributed by atoms with E-state index < -0.39 is 0 Å². The van der Waals surface area contributed by atoms with Gasteiger partial charge in [0, 0.05) is 28.1 Å². The van der Waals surface area contributed by atoms with Crippen LogP contribution in [0.15, 0.2) is 59.2 Å². The van der Waals surface area contributed by atoms with Gasteiger partial charge in [0.15, 0.2) is 0 Å². The van der Waals surface area contributed by atoms with Crippen LogP contribution in [0.1, 0.15) is 15.9 Å². The number of para-hydroxylation sites is 1. The van der Waals surface area contributed by atoms with Gasteiger partial charge in [0.25, 0.3) is 5.91 Å². The molecule has 0 aliphatic carbocycles. The van der Waals surface area contributed by atoms with Gasteiger partial charge in [-0.05, 0) is 23.8 Å². The highest BCUT2D eigenvalue weighted by Crippen LogP contribution is 2.17. The molecule has 0 atom stereocenters. The zero-order valence-electron chi connectivity index (χ0n) is 10.7. The van der Waals surface area contributed by atoms with Crippen LogP contribution >= 0.6 is 15.9 Å². The Labute approximate surface area is 125 Å². The van der Waals surface area contributed by atoms with Crippen molar-refractivity contribution in [2.75, 3.05) is 0 Å². The van der Waals surface area contributed by atoms with Gasteiger partial charge in [-0.2, -0.15) is 0 Å². The molecule has 3 rings (SSSR count). The van der Waals surface area contributed by atoms with Crippen LogP contribution < -0.4 is 5.32 Å². The van der Waals surface area contributed by atoms with Gasteiger partial charge in [-0.15, -0.1) is 0 Å². The van der Waals surface area contributed by atoms with E-state index in [1.807, 2.05) is 48.5 Å². The molecule has 0 unspecified atom stereocenters. The van der Waals surface area contributed by atoms with Crippen LogP contribution in [0, 0.1) is 0 Å². The first-order chi connectivity index (χ1) is 9.74. The monoisotopic (exact) mass is 328 g/mol. The van der Waals surface area contributed by atoms with Crippen molar-refractivity contribution < 1.29 is 4.79 Å². The average molecular weight is 329 g/mol. The van der Waals surface area contributed by atoms with Crippen molar-refractivity contribution in [3.8, 4) is 0 Å². The smallest absolute Gasteiger partial charge is 0.253 e. The summed E-state index contributed by atoms with van der Waals surface area (Å²) >= 11 is 3.42. The lowest BCUT2D eigenvalue weighted by atomic mass is 10.1. The predicted molar refractivity (Wildman–Crippen MR) is 83.6 cm³/mol. The summed E-state index contributed by atoms with van der Waals surface area (Å²) in [5.41, 5.74) is 2.71. The molecule has 1 heterocycles. The molecule has 0 fully saturated rings. The van der Waals surface area contributed by atoms with E-state index in [2.05, 4.69) is 26.2 Å². The number of nitrogens with one attached hydrogen (secondary N) is 2. The normalized spacial score (nSPS) is 10.7. The zero-order valence-corrected chi connectivity index (χ0v) is 12.3. The number of carbonyl (C=O) groups is 1. The van der Waals surface area contributed by atoms with Crippen LogP contribution in [0.3, 0.4) is 0 Å². The molecule has 0 radical (unpaired) electrons. The highest BCUT2D eigenvalue weighted by molar-refractivity contribution is 9.10. The molecule has 0 aliphatic heterocycles. The molecule has 0 aliphatic rings. The highest BCUT2D eigenvalue weighted by Gasteiger charge is 2.10. The number of hydrogen-bond donors (Lipinski definition) is 2. The molecule has 4 heteroatoms. The summed E-state index contributed by atoms with van der Waals surface area (Å²) in [7, 11) is 0. The molecule has 0 saturated heterocycles. The summed E-state index contributed by atoms with van der Waals surface area (Å²) in [5.74, 6) is -0.0672. The number of carbonyl (C=O) groups excluding carboxylic acids is 1. The Morgan fingerprint density at radius 3 is 2.85 bits per heavy atom. The third-order valence-electron chi connectivity index (χ3n) is 3.18. The first kappa shape index (κ1) is 12.9. The lowest BCUT2D eigenvalue weighted by molar-refractivity contribution is 0.0952.